The van der Waals surface area contributed by atoms with Gasteiger partial charge in [-0.1, -0.05) is 18.2 Å². The van der Waals surface area contributed by atoms with Gasteiger partial charge in [0.1, 0.15) is 11.3 Å². The number of imide groups is 2. The third kappa shape index (κ3) is 3.52. The van der Waals surface area contributed by atoms with Gasteiger partial charge in [0, 0.05) is 12.1 Å². The lowest BCUT2D eigenvalue weighted by atomic mass is 10.1. The van der Waals surface area contributed by atoms with Gasteiger partial charge >= 0.3 is 6.03 Å². The summed E-state index contributed by atoms with van der Waals surface area (Å²) in [5, 5.41) is 13.0. The third-order valence-corrected chi connectivity index (χ3v) is 3.83. The maximum atomic E-state index is 12.7. The first kappa shape index (κ1) is 17.8. The number of rotatable bonds is 4. The van der Waals surface area contributed by atoms with Gasteiger partial charge in [-0.15, -0.1) is 0 Å². The summed E-state index contributed by atoms with van der Waals surface area (Å²) < 4.78 is 5.05. The zero-order valence-electron chi connectivity index (χ0n) is 14.0. The smallest absolute Gasteiger partial charge is 0.335 e. The molecule has 1 fully saturated rings. The number of non-ortho nitro benzene ring substituents is 1. The Morgan fingerprint density at radius 3 is 2.44 bits per heavy atom. The number of nitrogens with zero attached hydrogens (tertiary/aromatic N) is 2. The Morgan fingerprint density at radius 1 is 1.11 bits per heavy atom. The second-order valence-electron chi connectivity index (χ2n) is 5.51. The molecule has 1 heterocycles. The maximum absolute atomic E-state index is 12.7. The topological polar surface area (TPSA) is 119 Å². The van der Waals surface area contributed by atoms with Gasteiger partial charge in [-0.2, -0.15) is 0 Å². The Bertz CT molecular complexity index is 981. The van der Waals surface area contributed by atoms with E-state index in [1.807, 2.05) is 0 Å². The number of nitro groups is 1. The Balaban J connectivity index is 1.99. The van der Waals surface area contributed by atoms with Gasteiger partial charge in [-0.05, 0) is 29.8 Å². The van der Waals surface area contributed by atoms with Crippen molar-refractivity contribution in [2.75, 3.05) is 12.0 Å². The molecule has 0 spiro atoms. The number of amides is 4. The van der Waals surface area contributed by atoms with Gasteiger partial charge < -0.3 is 4.74 Å². The second-order valence-corrected chi connectivity index (χ2v) is 5.51. The van der Waals surface area contributed by atoms with Crippen LogP contribution in [0.25, 0.3) is 6.08 Å². The van der Waals surface area contributed by atoms with Crippen molar-refractivity contribution in [3.8, 4) is 5.75 Å². The van der Waals surface area contributed by atoms with Crippen LogP contribution >= 0.6 is 0 Å². The van der Waals surface area contributed by atoms with Gasteiger partial charge in [0.2, 0.25) is 0 Å². The standard InChI is InChI=1S/C18H13N3O6/c1-27-14-7-5-11(6-8-14)9-15-16(22)19-18(24)20(17(15)23)12-3-2-4-13(10-12)21(25)26/h2-10H,1H3,(H,19,22,24)/b15-9+. The molecule has 0 aromatic heterocycles. The van der Waals surface area contributed by atoms with Crippen molar-refractivity contribution in [1.82, 2.24) is 5.32 Å². The molecule has 0 aliphatic carbocycles. The van der Waals surface area contributed by atoms with Gasteiger partial charge in [-0.25, -0.2) is 9.69 Å². The van der Waals surface area contributed by atoms with Gasteiger partial charge in [-0.3, -0.25) is 25.0 Å². The number of nitrogens with one attached hydrogen (secondary N) is 1. The molecule has 9 heteroatoms. The summed E-state index contributed by atoms with van der Waals surface area (Å²) in [4.78, 5) is 48.0. The number of methoxy groups -OCH3 is 1. The zero-order chi connectivity index (χ0) is 19.6. The summed E-state index contributed by atoms with van der Waals surface area (Å²) in [5.74, 6) is -1.12. The lowest BCUT2D eigenvalue weighted by Crippen LogP contribution is -2.54. The van der Waals surface area contributed by atoms with Crippen LogP contribution < -0.4 is 15.0 Å². The molecule has 9 nitrogen and oxygen atoms in total. The average molecular weight is 367 g/mol. The minimum absolute atomic E-state index is 0.0140. The summed E-state index contributed by atoms with van der Waals surface area (Å²) in [6, 6.07) is 10.6. The highest BCUT2D eigenvalue weighted by Gasteiger charge is 2.37. The van der Waals surface area contributed by atoms with E-state index in [9.17, 15) is 24.5 Å². The number of nitro benzene ring substituents is 1. The predicted molar refractivity (Wildman–Crippen MR) is 95.1 cm³/mol. The van der Waals surface area contributed by atoms with Crippen molar-refractivity contribution >= 4 is 35.3 Å². The highest BCUT2D eigenvalue weighted by atomic mass is 16.6. The molecule has 0 unspecified atom stereocenters. The molecule has 27 heavy (non-hydrogen) atoms. The number of anilines is 1. The first-order valence-corrected chi connectivity index (χ1v) is 7.70. The first-order chi connectivity index (χ1) is 12.9. The number of benzene rings is 2. The quantitative estimate of drug-likeness (QED) is 0.383. The lowest BCUT2D eigenvalue weighted by molar-refractivity contribution is -0.384. The van der Waals surface area contributed by atoms with Crippen molar-refractivity contribution in [2.24, 2.45) is 0 Å². The summed E-state index contributed by atoms with van der Waals surface area (Å²) >= 11 is 0. The second kappa shape index (κ2) is 7.08. The van der Waals surface area contributed by atoms with E-state index >= 15 is 0 Å². The normalized spacial score (nSPS) is 15.7. The first-order valence-electron chi connectivity index (χ1n) is 7.70. The molecular weight excluding hydrogens is 354 g/mol. The van der Waals surface area contributed by atoms with E-state index in [2.05, 4.69) is 5.32 Å². The van der Waals surface area contributed by atoms with Crippen LogP contribution in [0.15, 0.2) is 54.1 Å². The van der Waals surface area contributed by atoms with Crippen LogP contribution in [0.3, 0.4) is 0 Å². The summed E-state index contributed by atoms with van der Waals surface area (Å²) in [7, 11) is 1.51. The fourth-order valence-corrected chi connectivity index (χ4v) is 2.50. The molecule has 1 saturated heterocycles. The number of urea groups is 1. The SMILES string of the molecule is COc1ccc(/C=C2\C(=O)NC(=O)N(c3cccc([N+](=O)[O-])c3)C2=O)cc1. The van der Waals surface area contributed by atoms with Crippen LogP contribution in [0.2, 0.25) is 0 Å². The average Bonchev–Trinajstić information content (AvgIpc) is 2.65. The van der Waals surface area contributed by atoms with Crippen LogP contribution in [-0.4, -0.2) is 29.9 Å². The highest BCUT2D eigenvalue weighted by Crippen LogP contribution is 2.25. The van der Waals surface area contributed by atoms with Crippen molar-refractivity contribution in [1.29, 1.82) is 0 Å². The lowest BCUT2D eigenvalue weighted by Gasteiger charge is -2.26. The Labute approximate surface area is 153 Å². The van der Waals surface area contributed by atoms with Gasteiger partial charge in [0.25, 0.3) is 17.5 Å². The van der Waals surface area contributed by atoms with Crippen molar-refractivity contribution in [3.05, 3.63) is 69.8 Å². The number of carbonyl (C=O) groups excluding carboxylic acids is 3. The maximum Gasteiger partial charge on any atom is 0.335 e. The monoisotopic (exact) mass is 367 g/mol. The number of barbiturate groups is 1. The van der Waals surface area contributed by atoms with Crippen molar-refractivity contribution in [2.45, 2.75) is 0 Å². The van der Waals surface area contributed by atoms with E-state index in [1.54, 1.807) is 24.3 Å². The Hall–Kier alpha value is -4.01. The zero-order valence-corrected chi connectivity index (χ0v) is 14.0. The molecule has 1 N–H and O–H groups in total. The Morgan fingerprint density at radius 2 is 1.81 bits per heavy atom. The van der Waals surface area contributed by atoms with Crippen molar-refractivity contribution < 1.29 is 24.0 Å². The molecule has 1 aliphatic heterocycles. The van der Waals surface area contributed by atoms with Crippen LogP contribution in [0.1, 0.15) is 5.56 Å². The fourth-order valence-electron chi connectivity index (χ4n) is 2.50. The van der Waals surface area contributed by atoms with E-state index in [4.69, 9.17) is 4.74 Å². The van der Waals surface area contributed by atoms with Crippen LogP contribution in [-0.2, 0) is 9.59 Å². The summed E-state index contributed by atoms with van der Waals surface area (Å²) in [6.45, 7) is 0. The molecule has 0 atom stereocenters. The number of hydrogen-bond acceptors (Lipinski definition) is 6. The summed E-state index contributed by atoms with van der Waals surface area (Å²) in [6.07, 6.45) is 1.33. The molecule has 2 aromatic rings. The molecule has 2 aromatic carbocycles. The van der Waals surface area contributed by atoms with E-state index in [0.29, 0.717) is 16.2 Å². The molecule has 0 bridgehead atoms. The molecule has 3 rings (SSSR count). The highest BCUT2D eigenvalue weighted by molar-refractivity contribution is 6.39. The Kier molecular flexibility index (Phi) is 4.67. The van der Waals surface area contributed by atoms with E-state index in [0.717, 1.165) is 6.07 Å². The third-order valence-electron chi connectivity index (χ3n) is 3.83. The fraction of sp³-hybridized carbons (Fsp3) is 0.0556. The molecular formula is C18H13N3O6. The van der Waals surface area contributed by atoms with E-state index in [1.165, 1.54) is 31.4 Å². The number of carbonyl (C=O) groups is 3. The summed E-state index contributed by atoms with van der Waals surface area (Å²) in [5.41, 5.74) is -0.0283. The molecule has 0 radical (unpaired) electrons. The molecule has 4 amide bonds. The van der Waals surface area contributed by atoms with E-state index in [-0.39, 0.29) is 16.9 Å². The van der Waals surface area contributed by atoms with Crippen LogP contribution in [0.5, 0.6) is 5.75 Å². The number of hydrogen-bond donors (Lipinski definition) is 1. The number of ether oxygens (including phenoxy) is 1. The van der Waals surface area contributed by atoms with E-state index < -0.39 is 22.8 Å². The largest absolute Gasteiger partial charge is 0.497 e. The minimum atomic E-state index is -0.975. The van der Waals surface area contributed by atoms with Crippen LogP contribution in [0.4, 0.5) is 16.2 Å². The molecule has 0 saturated carbocycles. The minimum Gasteiger partial charge on any atom is -0.497 e. The van der Waals surface area contributed by atoms with Crippen molar-refractivity contribution in [3.63, 3.8) is 0 Å². The van der Waals surface area contributed by atoms with Crippen LogP contribution in [0, 0.1) is 10.1 Å². The molecule has 1 aliphatic rings. The van der Waals surface area contributed by atoms with Gasteiger partial charge in [0.15, 0.2) is 0 Å². The van der Waals surface area contributed by atoms with Gasteiger partial charge in [0.05, 0.1) is 17.7 Å². The predicted octanol–water partition coefficient (Wildman–Crippen LogP) is 2.27. The molecule has 136 valence electrons.